The van der Waals surface area contributed by atoms with E-state index in [1.165, 1.54) is 5.56 Å². The number of pyridine rings is 2. The van der Waals surface area contributed by atoms with Crippen molar-refractivity contribution >= 4 is 16.8 Å². The molecule has 1 aliphatic heterocycles. The summed E-state index contributed by atoms with van der Waals surface area (Å²) in [5, 5.41) is 0. The van der Waals surface area contributed by atoms with Crippen LogP contribution in [0.25, 0.3) is 11.3 Å². The van der Waals surface area contributed by atoms with Crippen LogP contribution in [0, 0.1) is 13.8 Å². The van der Waals surface area contributed by atoms with Crippen molar-refractivity contribution in [3.05, 3.63) is 41.7 Å². The zero-order chi connectivity index (χ0) is 18.5. The number of hydrogen-bond acceptors (Lipinski definition) is 5. The SMILES string of the molecule is COCCS(=O)N1CCN(c2cc(-c3ncc(C)cc3C)ccn2)CC1. The van der Waals surface area contributed by atoms with Gasteiger partial charge in [0.15, 0.2) is 0 Å². The maximum Gasteiger partial charge on any atom is 0.129 e. The number of ether oxygens (including phenoxy) is 1. The molecule has 1 aliphatic rings. The molecule has 0 saturated carbocycles. The Bertz CT molecular complexity index is 776. The molecular formula is C19H26N4O2S. The Morgan fingerprint density at radius 1 is 1.15 bits per heavy atom. The molecular weight excluding hydrogens is 348 g/mol. The molecule has 0 amide bonds. The minimum absolute atomic E-state index is 0.527. The van der Waals surface area contributed by atoms with E-state index in [4.69, 9.17) is 4.74 Å². The Morgan fingerprint density at radius 2 is 1.92 bits per heavy atom. The highest BCUT2D eigenvalue weighted by Crippen LogP contribution is 2.25. The molecule has 0 aromatic carbocycles. The van der Waals surface area contributed by atoms with Gasteiger partial charge in [-0.05, 0) is 37.1 Å². The monoisotopic (exact) mass is 374 g/mol. The summed E-state index contributed by atoms with van der Waals surface area (Å²) in [5.41, 5.74) is 4.41. The van der Waals surface area contributed by atoms with Crippen molar-refractivity contribution in [1.29, 1.82) is 0 Å². The largest absolute Gasteiger partial charge is 0.384 e. The Morgan fingerprint density at radius 3 is 2.62 bits per heavy atom. The Balaban J connectivity index is 1.69. The fourth-order valence-electron chi connectivity index (χ4n) is 3.16. The van der Waals surface area contributed by atoms with E-state index in [0.717, 1.165) is 48.8 Å². The summed E-state index contributed by atoms with van der Waals surface area (Å²) in [4.78, 5) is 11.4. The highest BCUT2D eigenvalue weighted by Gasteiger charge is 2.22. The van der Waals surface area contributed by atoms with E-state index in [1.807, 2.05) is 22.8 Å². The van der Waals surface area contributed by atoms with Gasteiger partial charge in [-0.3, -0.25) is 4.98 Å². The molecule has 1 unspecified atom stereocenters. The molecule has 3 rings (SSSR count). The number of rotatable bonds is 6. The molecule has 1 saturated heterocycles. The number of hydrogen-bond donors (Lipinski definition) is 0. The molecule has 140 valence electrons. The topological polar surface area (TPSA) is 58.6 Å². The third kappa shape index (κ3) is 4.47. The summed E-state index contributed by atoms with van der Waals surface area (Å²) in [5.74, 6) is 1.51. The number of methoxy groups -OCH3 is 1. The molecule has 1 atom stereocenters. The van der Waals surface area contributed by atoms with E-state index in [2.05, 4.69) is 40.8 Å². The van der Waals surface area contributed by atoms with Gasteiger partial charge < -0.3 is 9.64 Å². The van der Waals surface area contributed by atoms with E-state index < -0.39 is 11.0 Å². The van der Waals surface area contributed by atoms with Gasteiger partial charge in [0.25, 0.3) is 0 Å². The third-order valence-electron chi connectivity index (χ3n) is 4.55. The number of aromatic nitrogens is 2. The fourth-order valence-corrected chi connectivity index (χ4v) is 4.30. The van der Waals surface area contributed by atoms with Gasteiger partial charge in [0.1, 0.15) is 5.82 Å². The van der Waals surface area contributed by atoms with E-state index in [0.29, 0.717) is 12.4 Å². The van der Waals surface area contributed by atoms with E-state index >= 15 is 0 Å². The first-order chi connectivity index (χ1) is 12.6. The second-order valence-electron chi connectivity index (χ2n) is 6.52. The summed E-state index contributed by atoms with van der Waals surface area (Å²) >= 11 is 0. The minimum Gasteiger partial charge on any atom is -0.384 e. The van der Waals surface area contributed by atoms with Gasteiger partial charge in [0.2, 0.25) is 0 Å². The minimum atomic E-state index is -0.966. The average Bonchev–Trinajstić information content (AvgIpc) is 2.66. The first kappa shape index (κ1) is 18.9. The second-order valence-corrected chi connectivity index (χ2v) is 8.08. The van der Waals surface area contributed by atoms with Gasteiger partial charge in [0, 0.05) is 51.2 Å². The van der Waals surface area contributed by atoms with Crippen molar-refractivity contribution in [3.63, 3.8) is 0 Å². The predicted octanol–water partition coefficient (Wildman–Crippen LogP) is 2.19. The lowest BCUT2D eigenvalue weighted by Gasteiger charge is -2.34. The van der Waals surface area contributed by atoms with Crippen LogP contribution in [0.1, 0.15) is 11.1 Å². The molecule has 3 heterocycles. The first-order valence-electron chi connectivity index (χ1n) is 8.85. The summed E-state index contributed by atoms with van der Waals surface area (Å²) in [7, 11) is 0.671. The van der Waals surface area contributed by atoms with Gasteiger partial charge in [-0.15, -0.1) is 0 Å². The summed E-state index contributed by atoms with van der Waals surface area (Å²) < 4.78 is 19.3. The molecule has 0 N–H and O–H groups in total. The first-order valence-corrected chi connectivity index (χ1v) is 10.1. The number of piperazine rings is 1. The van der Waals surface area contributed by atoms with Gasteiger partial charge in [-0.2, -0.15) is 0 Å². The highest BCUT2D eigenvalue weighted by atomic mass is 32.2. The summed E-state index contributed by atoms with van der Waals surface area (Å²) in [6.45, 7) is 7.83. The van der Waals surface area contributed by atoms with Crippen LogP contribution in [0.4, 0.5) is 5.82 Å². The molecule has 26 heavy (non-hydrogen) atoms. The maximum absolute atomic E-state index is 12.2. The van der Waals surface area contributed by atoms with Crippen LogP contribution in [0.5, 0.6) is 0 Å². The van der Waals surface area contributed by atoms with Crippen molar-refractivity contribution < 1.29 is 8.95 Å². The van der Waals surface area contributed by atoms with Crippen LogP contribution in [0.15, 0.2) is 30.6 Å². The van der Waals surface area contributed by atoms with Gasteiger partial charge in [-0.1, -0.05) is 6.07 Å². The zero-order valence-corrected chi connectivity index (χ0v) is 16.5. The van der Waals surface area contributed by atoms with Crippen LogP contribution in [-0.2, 0) is 15.7 Å². The fraction of sp³-hybridized carbons (Fsp3) is 0.474. The Kier molecular flexibility index (Phi) is 6.34. The van der Waals surface area contributed by atoms with Gasteiger partial charge >= 0.3 is 0 Å². The van der Waals surface area contributed by atoms with Gasteiger partial charge in [-0.25, -0.2) is 13.5 Å². The highest BCUT2D eigenvalue weighted by molar-refractivity contribution is 7.82. The van der Waals surface area contributed by atoms with Crippen molar-refractivity contribution in [2.24, 2.45) is 0 Å². The third-order valence-corrected chi connectivity index (χ3v) is 6.00. The molecule has 2 aromatic rings. The van der Waals surface area contributed by atoms with Crippen molar-refractivity contribution in [1.82, 2.24) is 14.3 Å². The quantitative estimate of drug-likeness (QED) is 0.776. The molecule has 0 spiro atoms. The van der Waals surface area contributed by atoms with Crippen LogP contribution < -0.4 is 4.90 Å². The lowest BCUT2D eigenvalue weighted by atomic mass is 10.1. The Hall–Kier alpha value is -1.83. The molecule has 0 aliphatic carbocycles. The zero-order valence-electron chi connectivity index (χ0n) is 15.6. The molecule has 0 bridgehead atoms. The van der Waals surface area contributed by atoms with Crippen molar-refractivity contribution in [2.45, 2.75) is 13.8 Å². The Labute approximate surface area is 157 Å². The number of aryl methyl sites for hydroxylation is 2. The normalized spacial score (nSPS) is 16.7. The van der Waals surface area contributed by atoms with Gasteiger partial charge in [0.05, 0.1) is 29.0 Å². The van der Waals surface area contributed by atoms with Crippen molar-refractivity contribution in [2.75, 3.05) is 50.5 Å². The average molecular weight is 375 g/mol. The molecule has 6 nitrogen and oxygen atoms in total. The lowest BCUT2D eigenvalue weighted by molar-refractivity contribution is 0.216. The smallest absolute Gasteiger partial charge is 0.129 e. The summed E-state index contributed by atoms with van der Waals surface area (Å²) in [6.07, 6.45) is 3.74. The van der Waals surface area contributed by atoms with Crippen LogP contribution in [0.3, 0.4) is 0 Å². The lowest BCUT2D eigenvalue weighted by Crippen LogP contribution is -2.47. The molecule has 7 heteroatoms. The van der Waals surface area contributed by atoms with Crippen molar-refractivity contribution in [3.8, 4) is 11.3 Å². The maximum atomic E-state index is 12.2. The van der Waals surface area contributed by atoms with Crippen LogP contribution >= 0.6 is 0 Å². The van der Waals surface area contributed by atoms with Crippen LogP contribution in [0.2, 0.25) is 0 Å². The second kappa shape index (κ2) is 8.70. The number of anilines is 1. The number of nitrogens with zero attached hydrogens (tertiary/aromatic N) is 4. The van der Waals surface area contributed by atoms with E-state index in [1.54, 1.807) is 7.11 Å². The molecule has 1 fully saturated rings. The van der Waals surface area contributed by atoms with Crippen LogP contribution in [-0.4, -0.2) is 64.1 Å². The van der Waals surface area contributed by atoms with E-state index in [9.17, 15) is 4.21 Å². The molecule has 2 aromatic heterocycles. The van der Waals surface area contributed by atoms with E-state index in [-0.39, 0.29) is 0 Å². The molecule has 0 radical (unpaired) electrons. The predicted molar refractivity (Wildman–Crippen MR) is 106 cm³/mol. The summed E-state index contributed by atoms with van der Waals surface area (Å²) in [6, 6.07) is 6.25. The standard InChI is InChI=1S/C19H26N4O2S/c1-15-12-16(2)19(21-14-15)17-4-5-20-18(13-17)22-6-8-23(9-7-22)26(24)11-10-25-3/h4-5,12-14H,6-11H2,1-3H3.